The quantitative estimate of drug-likeness (QED) is 0.125. The zero-order chi connectivity index (χ0) is 24.7. The molecule has 1 rings (SSSR count). The molecule has 0 aromatic heterocycles. The molecule has 0 radical (unpaired) electrons. The van der Waals surface area contributed by atoms with Gasteiger partial charge in [-0.2, -0.15) is 11.8 Å². The summed E-state index contributed by atoms with van der Waals surface area (Å²) in [4.78, 5) is 23.9. The number of nitrogens with two attached hydrogens (primary N) is 1. The number of unbranched alkanes of at least 4 members (excludes halogenated alkanes) is 14. The van der Waals surface area contributed by atoms with E-state index in [9.17, 15) is 9.59 Å². The molecule has 1 aliphatic carbocycles. The van der Waals surface area contributed by atoms with Crippen LogP contribution in [0.2, 0.25) is 0 Å². The Labute approximate surface area is 214 Å². The van der Waals surface area contributed by atoms with E-state index in [0.29, 0.717) is 6.54 Å². The van der Waals surface area contributed by atoms with Crippen molar-refractivity contribution < 1.29 is 9.59 Å². The first-order valence-corrected chi connectivity index (χ1v) is 15.7. The lowest BCUT2D eigenvalue weighted by Gasteiger charge is -2.26. The number of carbonyl (C=O) groups is 2. The first-order valence-electron chi connectivity index (χ1n) is 14.6. The number of hydrogen-bond acceptors (Lipinski definition) is 4. The Morgan fingerprint density at radius 2 is 1.15 bits per heavy atom. The minimum absolute atomic E-state index is 0.103. The number of rotatable bonds is 21. The Balaban J connectivity index is 1.76. The maximum atomic E-state index is 12.0. The summed E-state index contributed by atoms with van der Waals surface area (Å²) < 4.78 is 0. The number of hydrogen-bond donors (Lipinski definition) is 3. The van der Waals surface area contributed by atoms with Gasteiger partial charge in [-0.05, 0) is 56.5 Å². The van der Waals surface area contributed by atoms with Gasteiger partial charge in [0.1, 0.15) is 0 Å². The number of nitrogens with one attached hydrogen (secondary N) is 2. The summed E-state index contributed by atoms with van der Waals surface area (Å²) in [7, 11) is 0. The molecule has 1 aliphatic rings. The third-order valence-corrected chi connectivity index (χ3v) is 8.11. The van der Waals surface area contributed by atoms with E-state index in [2.05, 4.69) is 29.3 Å². The topological polar surface area (TPSA) is 84.2 Å². The second-order valence-corrected chi connectivity index (χ2v) is 11.5. The highest BCUT2D eigenvalue weighted by Crippen LogP contribution is 2.17. The Morgan fingerprint density at radius 1 is 0.676 bits per heavy atom. The normalized spacial score (nSPS) is 18.1. The highest BCUT2D eigenvalue weighted by molar-refractivity contribution is 7.99. The van der Waals surface area contributed by atoms with Crippen LogP contribution in [-0.2, 0) is 9.59 Å². The minimum Gasteiger partial charge on any atom is -0.348 e. The van der Waals surface area contributed by atoms with E-state index in [0.717, 1.165) is 38.5 Å². The SMILES string of the molecule is CCCCCCCCCCSCCCCCCCCCCNC(=O)C(=O)NC1CCC(N)CC1. The van der Waals surface area contributed by atoms with Crippen molar-refractivity contribution in [2.45, 2.75) is 147 Å². The van der Waals surface area contributed by atoms with Gasteiger partial charge in [0.15, 0.2) is 0 Å². The van der Waals surface area contributed by atoms with Gasteiger partial charge in [0.25, 0.3) is 0 Å². The van der Waals surface area contributed by atoms with Gasteiger partial charge in [-0.3, -0.25) is 9.59 Å². The second kappa shape index (κ2) is 22.7. The molecule has 0 bridgehead atoms. The molecule has 2 amide bonds. The molecular weight excluding hydrogens is 442 g/mol. The molecule has 5 nitrogen and oxygen atoms in total. The summed E-state index contributed by atoms with van der Waals surface area (Å²) >= 11 is 2.15. The first-order chi connectivity index (χ1) is 16.6. The summed E-state index contributed by atoms with van der Waals surface area (Å²) in [5, 5.41) is 5.60. The molecule has 0 aliphatic heterocycles. The van der Waals surface area contributed by atoms with Crippen molar-refractivity contribution >= 4 is 23.6 Å². The third-order valence-electron chi connectivity index (χ3n) is 6.96. The van der Waals surface area contributed by atoms with Crippen LogP contribution in [0, 0.1) is 0 Å². The smallest absolute Gasteiger partial charge is 0.309 e. The van der Waals surface area contributed by atoms with E-state index in [4.69, 9.17) is 5.73 Å². The van der Waals surface area contributed by atoms with Crippen LogP contribution in [0.25, 0.3) is 0 Å². The highest BCUT2D eigenvalue weighted by Gasteiger charge is 2.22. The van der Waals surface area contributed by atoms with Crippen LogP contribution in [0.4, 0.5) is 0 Å². The van der Waals surface area contributed by atoms with E-state index < -0.39 is 11.8 Å². The maximum absolute atomic E-state index is 12.0. The lowest BCUT2D eigenvalue weighted by Crippen LogP contribution is -2.47. The summed E-state index contributed by atoms with van der Waals surface area (Å²) in [5.41, 5.74) is 5.88. The number of thioether (sulfide) groups is 1. The van der Waals surface area contributed by atoms with Gasteiger partial charge in [0.2, 0.25) is 0 Å². The van der Waals surface area contributed by atoms with Gasteiger partial charge < -0.3 is 16.4 Å². The van der Waals surface area contributed by atoms with Crippen molar-refractivity contribution in [2.24, 2.45) is 5.73 Å². The van der Waals surface area contributed by atoms with Crippen LogP contribution in [0.5, 0.6) is 0 Å². The lowest BCUT2D eigenvalue weighted by atomic mass is 9.92. The largest absolute Gasteiger partial charge is 0.348 e. The molecule has 34 heavy (non-hydrogen) atoms. The molecule has 0 unspecified atom stereocenters. The molecule has 4 N–H and O–H groups in total. The van der Waals surface area contributed by atoms with Crippen LogP contribution in [-0.4, -0.2) is 41.9 Å². The van der Waals surface area contributed by atoms with E-state index >= 15 is 0 Å². The van der Waals surface area contributed by atoms with Crippen molar-refractivity contribution in [3.63, 3.8) is 0 Å². The Kier molecular flexibility index (Phi) is 20.9. The average molecular weight is 498 g/mol. The monoisotopic (exact) mass is 497 g/mol. The van der Waals surface area contributed by atoms with Gasteiger partial charge in [0, 0.05) is 18.6 Å². The zero-order valence-electron chi connectivity index (χ0n) is 22.2. The van der Waals surface area contributed by atoms with Crippen LogP contribution in [0.15, 0.2) is 0 Å². The number of carbonyl (C=O) groups excluding carboxylic acids is 2. The second-order valence-electron chi connectivity index (χ2n) is 10.3. The first kappa shape index (κ1) is 31.3. The van der Waals surface area contributed by atoms with Crippen LogP contribution in [0.1, 0.15) is 135 Å². The molecule has 0 heterocycles. The maximum Gasteiger partial charge on any atom is 0.309 e. The zero-order valence-corrected chi connectivity index (χ0v) is 23.0. The fraction of sp³-hybridized carbons (Fsp3) is 0.929. The highest BCUT2D eigenvalue weighted by atomic mass is 32.2. The molecule has 0 saturated heterocycles. The molecule has 0 aromatic carbocycles. The summed E-state index contributed by atoms with van der Waals surface area (Å²) in [6.45, 7) is 2.88. The van der Waals surface area contributed by atoms with Gasteiger partial charge in [0.05, 0.1) is 0 Å². The third kappa shape index (κ3) is 18.6. The molecule has 1 saturated carbocycles. The lowest BCUT2D eigenvalue weighted by molar-refractivity contribution is -0.139. The van der Waals surface area contributed by atoms with Crippen LogP contribution < -0.4 is 16.4 Å². The molecule has 0 spiro atoms. The Bertz CT molecular complexity index is 496. The fourth-order valence-electron chi connectivity index (χ4n) is 4.63. The summed E-state index contributed by atoms with van der Waals surface area (Å²) in [5.74, 6) is 1.70. The Morgan fingerprint density at radius 3 is 1.68 bits per heavy atom. The van der Waals surface area contributed by atoms with E-state index in [1.807, 2.05) is 0 Å². The molecule has 6 heteroatoms. The van der Waals surface area contributed by atoms with E-state index in [1.165, 1.54) is 101 Å². The van der Waals surface area contributed by atoms with Gasteiger partial charge in [-0.25, -0.2) is 0 Å². The summed E-state index contributed by atoms with van der Waals surface area (Å²) in [6.07, 6.45) is 24.9. The van der Waals surface area contributed by atoms with Gasteiger partial charge in [-0.1, -0.05) is 90.4 Å². The van der Waals surface area contributed by atoms with Crippen LogP contribution >= 0.6 is 11.8 Å². The van der Waals surface area contributed by atoms with Crippen molar-refractivity contribution in [1.82, 2.24) is 10.6 Å². The Hall–Kier alpha value is -0.750. The predicted molar refractivity (Wildman–Crippen MR) is 148 cm³/mol. The average Bonchev–Trinajstić information content (AvgIpc) is 2.84. The molecular formula is C28H55N3O2S. The molecule has 200 valence electrons. The molecule has 0 aromatic rings. The van der Waals surface area contributed by atoms with Gasteiger partial charge in [-0.15, -0.1) is 0 Å². The fourth-order valence-corrected chi connectivity index (χ4v) is 5.65. The van der Waals surface area contributed by atoms with Crippen molar-refractivity contribution in [3.05, 3.63) is 0 Å². The van der Waals surface area contributed by atoms with Gasteiger partial charge >= 0.3 is 11.8 Å². The van der Waals surface area contributed by atoms with Crippen molar-refractivity contribution in [2.75, 3.05) is 18.1 Å². The van der Waals surface area contributed by atoms with Crippen molar-refractivity contribution in [3.8, 4) is 0 Å². The van der Waals surface area contributed by atoms with E-state index in [-0.39, 0.29) is 12.1 Å². The molecule has 0 atom stereocenters. The van der Waals surface area contributed by atoms with Crippen LogP contribution in [0.3, 0.4) is 0 Å². The van der Waals surface area contributed by atoms with E-state index in [1.54, 1.807) is 0 Å². The number of amides is 2. The minimum atomic E-state index is -0.491. The standard InChI is InChI=1S/C28H55N3O2S/c1-2-3-4-5-6-10-13-16-23-34-24-17-14-11-8-7-9-12-15-22-30-27(32)28(33)31-26-20-18-25(29)19-21-26/h25-26H,2-24,29H2,1H3,(H,30,32)(H,31,33). The molecule has 1 fully saturated rings. The summed E-state index contributed by atoms with van der Waals surface area (Å²) in [6, 6.07) is 0.349. The van der Waals surface area contributed by atoms with Crippen molar-refractivity contribution in [1.29, 1.82) is 0 Å². The predicted octanol–water partition coefficient (Wildman–Crippen LogP) is 6.48.